The van der Waals surface area contributed by atoms with Crippen LogP contribution in [0.4, 0.5) is 23.2 Å². The smallest absolute Gasteiger partial charge is 0.416 e. The van der Waals surface area contributed by atoms with Crippen molar-refractivity contribution in [2.45, 2.75) is 19.8 Å². The fraction of sp³-hybridized carbons (Fsp3) is 0.158. The molecule has 0 saturated heterocycles. The van der Waals surface area contributed by atoms with Crippen molar-refractivity contribution in [1.82, 2.24) is 9.78 Å². The standard InChI is InChI=1S/C19H15F4N3O2/c1-12-9-14(20)5-6-16(12)24-18(27)17-7-8-26(25-17)11-28-15-4-2-3-13(10-15)19(21,22)23/h2-10H,11H2,1H3,(H,24,27). The van der Waals surface area contributed by atoms with Crippen LogP contribution in [0.5, 0.6) is 5.75 Å². The molecule has 0 radical (unpaired) electrons. The summed E-state index contributed by atoms with van der Waals surface area (Å²) in [6, 6.07) is 9.85. The third-order valence-corrected chi connectivity index (χ3v) is 3.83. The van der Waals surface area contributed by atoms with E-state index in [1.807, 2.05) is 0 Å². The number of nitrogens with zero attached hydrogens (tertiary/aromatic N) is 2. The normalized spacial score (nSPS) is 11.3. The quantitative estimate of drug-likeness (QED) is 0.643. The van der Waals surface area contributed by atoms with Gasteiger partial charge in [0.2, 0.25) is 0 Å². The number of hydrogen-bond donors (Lipinski definition) is 1. The Balaban J connectivity index is 1.63. The van der Waals surface area contributed by atoms with Gasteiger partial charge < -0.3 is 10.1 Å². The average molecular weight is 393 g/mol. The summed E-state index contributed by atoms with van der Waals surface area (Å²) < 4.78 is 57.8. The number of nitrogens with one attached hydrogen (secondary N) is 1. The number of amides is 1. The minimum absolute atomic E-state index is 0.0262. The van der Waals surface area contributed by atoms with Crippen molar-refractivity contribution < 1.29 is 27.1 Å². The van der Waals surface area contributed by atoms with E-state index in [9.17, 15) is 22.4 Å². The molecule has 28 heavy (non-hydrogen) atoms. The molecular formula is C19H15F4N3O2. The first-order valence-corrected chi connectivity index (χ1v) is 8.13. The van der Waals surface area contributed by atoms with Crippen molar-refractivity contribution in [3.63, 3.8) is 0 Å². The second-order valence-corrected chi connectivity index (χ2v) is 5.95. The van der Waals surface area contributed by atoms with Crippen LogP contribution < -0.4 is 10.1 Å². The highest BCUT2D eigenvalue weighted by Gasteiger charge is 2.30. The van der Waals surface area contributed by atoms with Crippen molar-refractivity contribution in [2.24, 2.45) is 0 Å². The average Bonchev–Trinajstić information content (AvgIpc) is 3.11. The van der Waals surface area contributed by atoms with Crippen molar-refractivity contribution in [1.29, 1.82) is 0 Å². The molecule has 5 nitrogen and oxygen atoms in total. The van der Waals surface area contributed by atoms with Gasteiger partial charge in [0.15, 0.2) is 12.4 Å². The van der Waals surface area contributed by atoms with Gasteiger partial charge in [-0.05, 0) is 55.0 Å². The first kappa shape index (κ1) is 19.4. The second kappa shape index (κ2) is 7.71. The van der Waals surface area contributed by atoms with Crippen molar-refractivity contribution >= 4 is 11.6 Å². The molecule has 1 N–H and O–H groups in total. The van der Waals surface area contributed by atoms with E-state index in [4.69, 9.17) is 4.74 Å². The lowest BCUT2D eigenvalue weighted by Gasteiger charge is -2.10. The molecule has 1 aromatic heterocycles. The van der Waals surface area contributed by atoms with Gasteiger partial charge in [-0.3, -0.25) is 4.79 Å². The fourth-order valence-electron chi connectivity index (χ4n) is 2.41. The topological polar surface area (TPSA) is 56.2 Å². The Morgan fingerprint density at radius 3 is 2.68 bits per heavy atom. The Morgan fingerprint density at radius 1 is 1.18 bits per heavy atom. The Labute approximate surface area is 157 Å². The summed E-state index contributed by atoms with van der Waals surface area (Å²) in [5.74, 6) is -0.891. The van der Waals surface area contributed by atoms with Crippen LogP contribution in [0.3, 0.4) is 0 Å². The zero-order chi connectivity index (χ0) is 20.3. The first-order chi connectivity index (χ1) is 13.2. The van der Waals surface area contributed by atoms with E-state index in [1.165, 1.54) is 47.3 Å². The molecule has 0 atom stereocenters. The van der Waals surface area contributed by atoms with Crippen LogP contribution in [0.1, 0.15) is 21.6 Å². The van der Waals surface area contributed by atoms with Crippen LogP contribution in [0.25, 0.3) is 0 Å². The minimum atomic E-state index is -4.46. The Hall–Kier alpha value is -3.36. The SMILES string of the molecule is Cc1cc(F)ccc1NC(=O)c1ccn(COc2cccc(C(F)(F)F)c2)n1. The van der Waals surface area contributed by atoms with Crippen LogP contribution in [-0.4, -0.2) is 15.7 Å². The van der Waals surface area contributed by atoms with Crippen LogP contribution in [0, 0.1) is 12.7 Å². The van der Waals surface area contributed by atoms with Crippen molar-refractivity contribution in [2.75, 3.05) is 5.32 Å². The lowest BCUT2D eigenvalue weighted by Crippen LogP contribution is -2.15. The largest absolute Gasteiger partial charge is 0.471 e. The summed E-state index contributed by atoms with van der Waals surface area (Å²) in [6.07, 6.45) is -3.01. The third kappa shape index (κ3) is 4.67. The van der Waals surface area contributed by atoms with Gasteiger partial charge in [-0.15, -0.1) is 0 Å². The summed E-state index contributed by atoms with van der Waals surface area (Å²) >= 11 is 0. The molecule has 1 amide bonds. The number of benzene rings is 2. The highest BCUT2D eigenvalue weighted by molar-refractivity contribution is 6.03. The summed E-state index contributed by atoms with van der Waals surface area (Å²) in [5, 5.41) is 6.64. The molecule has 0 spiro atoms. The summed E-state index contributed by atoms with van der Waals surface area (Å²) in [6.45, 7) is 1.48. The van der Waals surface area contributed by atoms with E-state index in [0.29, 0.717) is 11.3 Å². The summed E-state index contributed by atoms with van der Waals surface area (Å²) in [5.41, 5.74) is 0.262. The molecule has 146 valence electrons. The Morgan fingerprint density at radius 2 is 1.96 bits per heavy atom. The van der Waals surface area contributed by atoms with E-state index in [2.05, 4.69) is 10.4 Å². The second-order valence-electron chi connectivity index (χ2n) is 5.95. The van der Waals surface area contributed by atoms with E-state index in [0.717, 1.165) is 12.1 Å². The van der Waals surface area contributed by atoms with Gasteiger partial charge in [0.1, 0.15) is 11.6 Å². The number of carbonyl (C=O) groups is 1. The van der Waals surface area contributed by atoms with Crippen molar-refractivity contribution in [3.8, 4) is 5.75 Å². The molecular weight excluding hydrogens is 378 g/mol. The van der Waals surface area contributed by atoms with Gasteiger partial charge in [-0.2, -0.15) is 18.3 Å². The summed E-state index contributed by atoms with van der Waals surface area (Å²) in [7, 11) is 0. The molecule has 0 bridgehead atoms. The number of aryl methyl sites for hydroxylation is 1. The summed E-state index contributed by atoms with van der Waals surface area (Å²) in [4.78, 5) is 12.2. The number of aromatic nitrogens is 2. The van der Waals surface area contributed by atoms with Crippen LogP contribution in [0.2, 0.25) is 0 Å². The molecule has 0 unspecified atom stereocenters. The monoisotopic (exact) mass is 393 g/mol. The zero-order valence-electron chi connectivity index (χ0n) is 14.6. The van der Waals surface area contributed by atoms with Crippen LogP contribution in [0.15, 0.2) is 54.7 Å². The Kier molecular flexibility index (Phi) is 5.34. The number of anilines is 1. The number of rotatable bonds is 5. The number of halogens is 4. The van der Waals surface area contributed by atoms with Crippen molar-refractivity contribution in [3.05, 3.63) is 77.4 Å². The van der Waals surface area contributed by atoms with E-state index in [1.54, 1.807) is 6.92 Å². The molecule has 0 fully saturated rings. The molecule has 0 aliphatic carbocycles. The third-order valence-electron chi connectivity index (χ3n) is 3.83. The van der Waals surface area contributed by atoms with E-state index >= 15 is 0 Å². The minimum Gasteiger partial charge on any atom is -0.471 e. The Bertz CT molecular complexity index is 999. The zero-order valence-corrected chi connectivity index (χ0v) is 14.6. The number of hydrogen-bond acceptors (Lipinski definition) is 3. The lowest BCUT2D eigenvalue weighted by atomic mass is 10.2. The van der Waals surface area contributed by atoms with Gasteiger partial charge in [0, 0.05) is 11.9 Å². The predicted molar refractivity (Wildman–Crippen MR) is 93.4 cm³/mol. The van der Waals surface area contributed by atoms with Crippen LogP contribution >= 0.6 is 0 Å². The van der Waals surface area contributed by atoms with E-state index < -0.39 is 23.5 Å². The lowest BCUT2D eigenvalue weighted by molar-refractivity contribution is -0.137. The molecule has 3 rings (SSSR count). The fourth-order valence-corrected chi connectivity index (χ4v) is 2.41. The maximum absolute atomic E-state index is 13.1. The van der Waals surface area contributed by atoms with Gasteiger partial charge in [0.05, 0.1) is 5.56 Å². The first-order valence-electron chi connectivity index (χ1n) is 8.13. The van der Waals surface area contributed by atoms with Gasteiger partial charge in [0.25, 0.3) is 5.91 Å². The molecule has 0 aliphatic heterocycles. The van der Waals surface area contributed by atoms with Crippen LogP contribution in [-0.2, 0) is 12.9 Å². The maximum Gasteiger partial charge on any atom is 0.416 e. The molecule has 0 saturated carbocycles. The number of alkyl halides is 3. The van der Waals surface area contributed by atoms with Gasteiger partial charge in [-0.1, -0.05) is 6.07 Å². The van der Waals surface area contributed by atoms with Gasteiger partial charge >= 0.3 is 6.18 Å². The van der Waals surface area contributed by atoms with E-state index in [-0.39, 0.29) is 18.2 Å². The molecule has 9 heteroatoms. The molecule has 3 aromatic rings. The maximum atomic E-state index is 13.1. The predicted octanol–water partition coefficient (Wildman–Crippen LogP) is 4.64. The van der Waals surface area contributed by atoms with Gasteiger partial charge in [-0.25, -0.2) is 9.07 Å². The molecule has 0 aliphatic rings. The number of ether oxygens (including phenoxy) is 1. The molecule has 1 heterocycles. The highest BCUT2D eigenvalue weighted by Crippen LogP contribution is 2.31. The number of carbonyl (C=O) groups excluding carboxylic acids is 1. The highest BCUT2D eigenvalue weighted by atomic mass is 19.4. The molecule has 2 aromatic carbocycles.